The maximum Gasteiger partial charge on any atom is 2.00 e. The number of carboxylic acid groups (broad SMARTS) is 1. The predicted octanol–water partition coefficient (Wildman–Crippen LogP) is 5.80. The number of aliphatic carboxylic acids is 1. The summed E-state index contributed by atoms with van der Waals surface area (Å²) >= 11 is 0. The van der Waals surface area contributed by atoms with E-state index in [4.69, 9.17) is 9.90 Å². The summed E-state index contributed by atoms with van der Waals surface area (Å²) in [4.78, 5) is 19.9. The Bertz CT molecular complexity index is 3130. The first-order chi connectivity index (χ1) is 36.9. The number of aliphatic imine (C=N–C) groups is 3. The number of alkyl halides is 9. The van der Waals surface area contributed by atoms with E-state index in [1.807, 2.05) is 0 Å². The third kappa shape index (κ3) is 14.8. The Morgan fingerprint density at radius 2 is 0.519 bits per heavy atom. The first-order valence-corrected chi connectivity index (χ1v) is 26.8. The van der Waals surface area contributed by atoms with E-state index in [0.29, 0.717) is 16.7 Å². The van der Waals surface area contributed by atoms with E-state index < -0.39 is 107 Å². The van der Waals surface area contributed by atoms with Crippen molar-refractivity contribution in [2.75, 3.05) is 0 Å². The van der Waals surface area contributed by atoms with Crippen molar-refractivity contribution >= 4 is 54.1 Å². The topological polar surface area (TPSA) is 259 Å². The molecule has 0 N–H and O–H groups in total. The number of hydrogen-bond acceptors (Lipinski definition) is 14. The van der Waals surface area contributed by atoms with Gasteiger partial charge < -0.3 is 25.2 Å². The molecule has 81 heavy (non-hydrogen) atoms. The monoisotopic (exact) mass is 1370 g/mol. The van der Waals surface area contributed by atoms with Crippen molar-refractivity contribution in [2.45, 2.75) is 59.7 Å². The van der Waals surface area contributed by atoms with Crippen LogP contribution in [-0.2, 0) is 73.8 Å². The van der Waals surface area contributed by atoms with Gasteiger partial charge in [-0.1, -0.05) is 182 Å². The molecule has 0 aliphatic carbocycles. The minimum atomic E-state index is -5.87. The van der Waals surface area contributed by atoms with Crippen molar-refractivity contribution < 1.29 is 129 Å². The Kier molecular flexibility index (Phi) is 22.0. The SMILES string of the molecule is CC(=O)[O-].O=S(=O)(N1C([O-])=N[C@H](c2ccccc2)[C@H]1c1ccccc1)C(F)(F)F.O=S(=O)(N1C([O-])=N[C@H](c2ccccc2)[C@H]1c1ccccc1)C(F)(F)F.O=S(=O)(N1C([O-])=N[C@H](c2ccccc2)[C@H]1c1ccccc1)C(F)(F)F.[Rh+2].[Rh+2]. The second-order valence-electron chi connectivity index (χ2n) is 16.6. The molecule has 2 radical (unpaired) electrons. The van der Waals surface area contributed by atoms with Crippen molar-refractivity contribution in [3.05, 3.63) is 215 Å². The molecule has 17 nitrogen and oxygen atoms in total. The molecule has 6 atom stereocenters. The Balaban J connectivity index is 0.000000250. The summed E-state index contributed by atoms with van der Waals surface area (Å²) in [6.07, 6.45) is 0. The summed E-state index contributed by atoms with van der Waals surface area (Å²) in [5.74, 6) is -1.08. The number of carbonyl (C=O) groups is 1. The second-order valence-corrected chi connectivity index (χ2v) is 22.0. The molecule has 0 bridgehead atoms. The van der Waals surface area contributed by atoms with Gasteiger partial charge in [0.25, 0.3) is 0 Å². The molecule has 0 saturated heterocycles. The molecule has 3 heterocycles. The van der Waals surface area contributed by atoms with Crippen LogP contribution in [0.4, 0.5) is 39.5 Å². The fourth-order valence-electron chi connectivity index (χ4n) is 8.20. The quantitative estimate of drug-likeness (QED) is 0.123. The summed E-state index contributed by atoms with van der Waals surface area (Å²) in [5, 5.41) is 45.2. The van der Waals surface area contributed by atoms with E-state index in [1.54, 1.807) is 146 Å². The molecule has 0 spiro atoms. The van der Waals surface area contributed by atoms with Crippen molar-refractivity contribution in [2.24, 2.45) is 15.0 Å². The minimum absolute atomic E-state index is 0. The molecule has 434 valence electrons. The number of benzene rings is 6. The molecule has 0 fully saturated rings. The first-order valence-electron chi connectivity index (χ1n) is 22.5. The fraction of sp³-hybridized carbons (Fsp3) is 0.200. The average molecular weight is 1370 g/mol. The van der Waals surface area contributed by atoms with Gasteiger partial charge in [0.2, 0.25) is 0 Å². The fourth-order valence-corrected chi connectivity index (χ4v) is 11.2. The average Bonchev–Trinajstić information content (AvgIpc) is 4.08. The minimum Gasteiger partial charge on any atom is -0.846 e. The van der Waals surface area contributed by atoms with E-state index in [9.17, 15) is 80.1 Å². The van der Waals surface area contributed by atoms with Crippen LogP contribution >= 0.6 is 0 Å². The molecule has 31 heteroatoms. The van der Waals surface area contributed by atoms with Gasteiger partial charge in [0.05, 0.1) is 36.2 Å². The third-order valence-corrected chi connectivity index (χ3v) is 15.9. The van der Waals surface area contributed by atoms with Crippen molar-refractivity contribution in [3.8, 4) is 0 Å². The summed E-state index contributed by atoms with van der Waals surface area (Å²) in [5.41, 5.74) is -14.7. The van der Waals surface area contributed by atoms with Crippen LogP contribution in [0.15, 0.2) is 197 Å². The zero-order chi connectivity index (χ0) is 58.3. The van der Waals surface area contributed by atoms with Gasteiger partial charge in [-0.15, -0.1) is 0 Å². The van der Waals surface area contributed by atoms with Gasteiger partial charge in [-0.3, -0.25) is 15.0 Å². The van der Waals surface area contributed by atoms with Gasteiger partial charge in [-0.05, 0) is 40.3 Å². The number of amidine groups is 3. The molecule has 6 aromatic carbocycles. The van der Waals surface area contributed by atoms with Gasteiger partial charge in [0.15, 0.2) is 0 Å². The molecule has 6 aromatic rings. The second kappa shape index (κ2) is 26.8. The van der Waals surface area contributed by atoms with Gasteiger partial charge in [0, 0.05) is 5.97 Å². The van der Waals surface area contributed by atoms with Crippen LogP contribution in [0.2, 0.25) is 0 Å². The summed E-state index contributed by atoms with van der Waals surface area (Å²) < 4.78 is 189. The molecule has 0 saturated carbocycles. The Morgan fingerprint density at radius 1 is 0.370 bits per heavy atom. The van der Waals surface area contributed by atoms with E-state index in [2.05, 4.69) is 15.0 Å². The number of rotatable bonds is 9. The third-order valence-electron chi connectivity index (χ3n) is 11.5. The Hall–Kier alpha value is -6.93. The van der Waals surface area contributed by atoms with Crippen LogP contribution in [0.5, 0.6) is 0 Å². The van der Waals surface area contributed by atoms with Gasteiger partial charge in [-0.2, -0.15) is 64.8 Å². The summed E-state index contributed by atoms with van der Waals surface area (Å²) in [6.45, 7) is 0.972. The van der Waals surface area contributed by atoms with Gasteiger partial charge >= 0.3 is 85.6 Å². The maximum atomic E-state index is 13.1. The molecular weight excluding hydrogens is 1330 g/mol. The van der Waals surface area contributed by atoms with E-state index >= 15 is 0 Å². The molecule has 3 aliphatic heterocycles. The molecule has 0 unspecified atom stereocenters. The van der Waals surface area contributed by atoms with E-state index in [0.717, 1.165) is 6.92 Å². The zero-order valence-corrected chi connectivity index (χ0v) is 46.5. The van der Waals surface area contributed by atoms with Crippen molar-refractivity contribution in [1.82, 2.24) is 12.9 Å². The molecule has 9 rings (SSSR count). The van der Waals surface area contributed by atoms with Gasteiger partial charge in [0.1, 0.15) is 18.1 Å². The first kappa shape index (κ1) is 66.6. The number of hydrogen-bond donors (Lipinski definition) is 0. The number of carboxylic acids is 1. The smallest absolute Gasteiger partial charge is 0.846 e. The Morgan fingerprint density at radius 3 is 0.667 bits per heavy atom. The molecular formula is C50H39F9N6O11Rh2S3. The number of carbonyl (C=O) groups excluding carboxylic acids is 1. The van der Waals surface area contributed by atoms with Crippen LogP contribution in [0.3, 0.4) is 0 Å². The van der Waals surface area contributed by atoms with E-state index in [1.165, 1.54) is 36.4 Å². The van der Waals surface area contributed by atoms with Crippen LogP contribution in [-0.4, -0.2) is 78.7 Å². The number of sulfonamides is 3. The molecule has 3 aliphatic rings. The van der Waals surface area contributed by atoms with Crippen LogP contribution in [0.1, 0.15) is 76.6 Å². The number of nitrogens with zero attached hydrogens (tertiary/aromatic N) is 6. The van der Waals surface area contributed by atoms with Crippen molar-refractivity contribution in [1.29, 1.82) is 0 Å². The standard InChI is InChI=1S/3C16H13F3N2O3S.C2H4O2.2Rh/c3*17-16(18,19)25(23,24)21-14(12-9-5-2-6-10-12)13(20-15(21)22)11-7-3-1-4-8-11;1-2(3)4;;/h3*1-10,13-14H,(H,20,22);1H3,(H,3,4);;/q;;;;2*+2/p-4/t3*13-,14-;;;/m111.../s1. The van der Waals surface area contributed by atoms with Gasteiger partial charge in [-0.25, -0.2) is 12.9 Å². The normalized spacial score (nSPS) is 20.0. The summed E-state index contributed by atoms with van der Waals surface area (Å²) in [6, 6.07) is 35.8. The molecule has 0 amide bonds. The van der Waals surface area contributed by atoms with Crippen LogP contribution in [0, 0.1) is 0 Å². The van der Waals surface area contributed by atoms with Crippen LogP contribution in [0.25, 0.3) is 0 Å². The number of halogens is 9. The molecule has 0 aromatic heterocycles. The summed E-state index contributed by atoms with van der Waals surface area (Å²) in [7, 11) is -17.6. The zero-order valence-electron chi connectivity index (χ0n) is 40.8. The van der Waals surface area contributed by atoms with Crippen molar-refractivity contribution in [3.63, 3.8) is 0 Å². The Labute approximate surface area is 483 Å². The largest absolute Gasteiger partial charge is 2.00 e. The van der Waals surface area contributed by atoms with E-state index in [-0.39, 0.29) is 68.6 Å². The van der Waals surface area contributed by atoms with Crippen LogP contribution < -0.4 is 20.4 Å². The predicted molar refractivity (Wildman–Crippen MR) is 259 cm³/mol. The maximum absolute atomic E-state index is 13.1.